The molecule has 0 radical (unpaired) electrons. The highest BCUT2D eigenvalue weighted by Gasteiger charge is 2.25. The first kappa shape index (κ1) is 13.9. The molecule has 0 aliphatic carbocycles. The van der Waals surface area contributed by atoms with Crippen LogP contribution in [0, 0.1) is 0 Å². The number of nitrogens with zero attached hydrogens (tertiary/aromatic N) is 1. The number of likely N-dealkylation sites (tertiary alicyclic amines) is 1. The second-order valence-corrected chi connectivity index (χ2v) is 5.67. The van der Waals surface area contributed by atoms with Crippen molar-refractivity contribution in [2.45, 2.75) is 38.7 Å². The maximum absolute atomic E-state index is 12.6. The van der Waals surface area contributed by atoms with Gasteiger partial charge in [0.1, 0.15) is 5.75 Å². The van der Waals surface area contributed by atoms with Crippen LogP contribution in [0.1, 0.15) is 43.0 Å². The second-order valence-electron chi connectivity index (χ2n) is 5.67. The monoisotopic (exact) mass is 288 g/mol. The van der Waals surface area contributed by atoms with Gasteiger partial charge < -0.3 is 15.0 Å². The highest BCUT2D eigenvalue weighted by atomic mass is 16.5. The van der Waals surface area contributed by atoms with Crippen LogP contribution in [0.3, 0.4) is 0 Å². The summed E-state index contributed by atoms with van der Waals surface area (Å²) in [5, 5.41) is 2.78. The fourth-order valence-corrected chi connectivity index (χ4v) is 2.79. The Hall–Kier alpha value is -2.04. The molecule has 1 saturated heterocycles. The number of amides is 2. The van der Waals surface area contributed by atoms with Gasteiger partial charge in [0.2, 0.25) is 0 Å². The van der Waals surface area contributed by atoms with Gasteiger partial charge in [-0.1, -0.05) is 12.8 Å². The van der Waals surface area contributed by atoms with Gasteiger partial charge in [-0.05, 0) is 38.0 Å². The van der Waals surface area contributed by atoms with Crippen molar-refractivity contribution >= 4 is 17.5 Å². The summed E-state index contributed by atoms with van der Waals surface area (Å²) in [6.07, 6.45) is 4.00. The molecule has 21 heavy (non-hydrogen) atoms. The number of ether oxygens (including phenoxy) is 1. The van der Waals surface area contributed by atoms with Gasteiger partial charge >= 0.3 is 0 Å². The first-order valence-electron chi connectivity index (χ1n) is 7.56. The lowest BCUT2D eigenvalue weighted by atomic mass is 10.1. The zero-order chi connectivity index (χ0) is 14.8. The zero-order valence-corrected chi connectivity index (χ0v) is 12.2. The van der Waals surface area contributed by atoms with Gasteiger partial charge in [-0.25, -0.2) is 0 Å². The van der Waals surface area contributed by atoms with E-state index >= 15 is 0 Å². The lowest BCUT2D eigenvalue weighted by molar-refractivity contribution is -0.122. The topological polar surface area (TPSA) is 58.6 Å². The van der Waals surface area contributed by atoms with Crippen LogP contribution < -0.4 is 10.1 Å². The molecule has 1 aromatic carbocycles. The van der Waals surface area contributed by atoms with Gasteiger partial charge in [-0.3, -0.25) is 9.59 Å². The van der Waals surface area contributed by atoms with Gasteiger partial charge in [-0.15, -0.1) is 0 Å². The summed E-state index contributed by atoms with van der Waals surface area (Å²) in [6, 6.07) is 5.23. The first-order chi connectivity index (χ1) is 10.1. The van der Waals surface area contributed by atoms with Gasteiger partial charge in [0.15, 0.2) is 6.10 Å². The largest absolute Gasteiger partial charge is 0.479 e. The lowest BCUT2D eigenvalue weighted by Crippen LogP contribution is -2.35. The summed E-state index contributed by atoms with van der Waals surface area (Å²) in [6.45, 7) is 3.34. The third kappa shape index (κ3) is 2.86. The van der Waals surface area contributed by atoms with Crippen molar-refractivity contribution in [1.82, 2.24) is 4.90 Å². The highest BCUT2D eigenvalue weighted by Crippen LogP contribution is 2.31. The number of hydrogen-bond acceptors (Lipinski definition) is 3. The van der Waals surface area contributed by atoms with Gasteiger partial charge in [0.05, 0.1) is 5.69 Å². The Morgan fingerprint density at radius 3 is 2.67 bits per heavy atom. The van der Waals surface area contributed by atoms with E-state index in [0.29, 0.717) is 17.0 Å². The molecule has 112 valence electrons. The minimum absolute atomic E-state index is 0.0489. The number of anilines is 1. The number of hydrogen-bond donors (Lipinski definition) is 1. The Morgan fingerprint density at radius 2 is 1.95 bits per heavy atom. The standard InChI is InChI=1S/C16H20N2O3/c1-11-15(19)17-13-7-6-12(10-14(13)21-11)16(20)18-8-4-2-3-5-9-18/h6-7,10-11H,2-5,8-9H2,1H3,(H,17,19). The summed E-state index contributed by atoms with van der Waals surface area (Å²) >= 11 is 0. The molecular formula is C16H20N2O3. The van der Waals surface area contributed by atoms with E-state index < -0.39 is 6.10 Å². The predicted octanol–water partition coefficient (Wildman–Crippen LogP) is 2.42. The van der Waals surface area contributed by atoms with Crippen LogP contribution in [0.15, 0.2) is 18.2 Å². The molecule has 0 bridgehead atoms. The van der Waals surface area contributed by atoms with Gasteiger partial charge in [0.25, 0.3) is 11.8 Å². The van der Waals surface area contributed by atoms with Crippen molar-refractivity contribution in [3.63, 3.8) is 0 Å². The molecule has 3 rings (SSSR count). The van der Waals surface area contributed by atoms with Crippen molar-refractivity contribution in [3.05, 3.63) is 23.8 Å². The number of carbonyl (C=O) groups excluding carboxylic acids is 2. The molecule has 1 aromatic rings. The van der Waals surface area contributed by atoms with Crippen molar-refractivity contribution in [1.29, 1.82) is 0 Å². The van der Waals surface area contributed by atoms with Crippen LogP contribution in [0.25, 0.3) is 0 Å². The number of fused-ring (bicyclic) bond motifs is 1. The van der Waals surface area contributed by atoms with Crippen molar-refractivity contribution in [3.8, 4) is 5.75 Å². The molecule has 2 aliphatic rings. The Balaban J connectivity index is 1.81. The summed E-state index contributed by atoms with van der Waals surface area (Å²) in [5.74, 6) is 0.463. The first-order valence-corrected chi connectivity index (χ1v) is 7.56. The summed E-state index contributed by atoms with van der Waals surface area (Å²) in [5.41, 5.74) is 1.25. The maximum Gasteiger partial charge on any atom is 0.265 e. The van der Waals surface area contributed by atoms with Crippen molar-refractivity contribution in [2.75, 3.05) is 18.4 Å². The molecule has 1 atom stereocenters. The van der Waals surface area contributed by atoms with E-state index in [1.807, 2.05) is 4.90 Å². The molecule has 0 aromatic heterocycles. The molecule has 1 fully saturated rings. The summed E-state index contributed by atoms with van der Waals surface area (Å²) in [4.78, 5) is 26.0. The van der Waals surface area contributed by atoms with Crippen molar-refractivity contribution < 1.29 is 14.3 Å². The Kier molecular flexibility index (Phi) is 3.82. The van der Waals surface area contributed by atoms with Gasteiger partial charge in [0, 0.05) is 18.7 Å². The fourth-order valence-electron chi connectivity index (χ4n) is 2.79. The van der Waals surface area contributed by atoms with E-state index in [2.05, 4.69) is 5.32 Å². The van der Waals surface area contributed by atoms with Crippen LogP contribution in [0.5, 0.6) is 5.75 Å². The molecule has 1 N–H and O–H groups in total. The average molecular weight is 288 g/mol. The molecular weight excluding hydrogens is 268 g/mol. The third-order valence-corrected chi connectivity index (χ3v) is 4.05. The Bertz CT molecular complexity index is 563. The highest BCUT2D eigenvalue weighted by molar-refractivity contribution is 6.00. The van der Waals surface area contributed by atoms with E-state index in [9.17, 15) is 9.59 Å². The second kappa shape index (κ2) is 5.76. The number of rotatable bonds is 1. The normalized spacial score (nSPS) is 21.9. The van der Waals surface area contributed by atoms with E-state index in [4.69, 9.17) is 4.74 Å². The van der Waals surface area contributed by atoms with Crippen LogP contribution in [0.4, 0.5) is 5.69 Å². The third-order valence-electron chi connectivity index (χ3n) is 4.05. The number of nitrogens with one attached hydrogen (secondary N) is 1. The molecule has 0 spiro atoms. The molecule has 0 saturated carbocycles. The molecule has 2 heterocycles. The number of benzene rings is 1. The molecule has 1 unspecified atom stereocenters. The quantitative estimate of drug-likeness (QED) is 0.863. The van der Waals surface area contributed by atoms with E-state index in [1.54, 1.807) is 25.1 Å². The van der Waals surface area contributed by atoms with Crippen molar-refractivity contribution in [2.24, 2.45) is 0 Å². The molecule has 2 amide bonds. The number of carbonyl (C=O) groups is 2. The summed E-state index contributed by atoms with van der Waals surface area (Å²) in [7, 11) is 0. The van der Waals surface area contributed by atoms with E-state index in [0.717, 1.165) is 25.9 Å². The van der Waals surface area contributed by atoms with Crippen LogP contribution in [-0.2, 0) is 4.79 Å². The smallest absolute Gasteiger partial charge is 0.265 e. The maximum atomic E-state index is 12.6. The molecule has 5 heteroatoms. The SMILES string of the molecule is CC1Oc2cc(C(=O)N3CCCCCC3)ccc2NC1=O. The van der Waals surface area contributed by atoms with E-state index in [-0.39, 0.29) is 11.8 Å². The summed E-state index contributed by atoms with van der Waals surface area (Å²) < 4.78 is 5.56. The fraction of sp³-hybridized carbons (Fsp3) is 0.500. The Labute approximate surface area is 124 Å². The van der Waals surface area contributed by atoms with Crippen LogP contribution in [-0.4, -0.2) is 35.9 Å². The lowest BCUT2D eigenvalue weighted by Gasteiger charge is -2.25. The minimum atomic E-state index is -0.527. The Morgan fingerprint density at radius 1 is 1.24 bits per heavy atom. The van der Waals surface area contributed by atoms with Crippen LogP contribution in [0.2, 0.25) is 0 Å². The van der Waals surface area contributed by atoms with Gasteiger partial charge in [-0.2, -0.15) is 0 Å². The minimum Gasteiger partial charge on any atom is -0.479 e. The molecule has 2 aliphatic heterocycles. The molecule has 5 nitrogen and oxygen atoms in total. The predicted molar refractivity (Wildman–Crippen MR) is 79.5 cm³/mol. The zero-order valence-electron chi connectivity index (χ0n) is 12.2. The van der Waals surface area contributed by atoms with E-state index in [1.165, 1.54) is 12.8 Å². The van der Waals surface area contributed by atoms with Crippen LogP contribution >= 0.6 is 0 Å². The average Bonchev–Trinajstić information content (AvgIpc) is 2.76.